The summed E-state index contributed by atoms with van der Waals surface area (Å²) in [6, 6.07) is 5.84. The quantitative estimate of drug-likeness (QED) is 0.857. The van der Waals surface area contributed by atoms with Gasteiger partial charge in [-0.15, -0.1) is 0 Å². The number of fused-ring (bicyclic) bond motifs is 1. The zero-order chi connectivity index (χ0) is 13.5. The van der Waals surface area contributed by atoms with Crippen molar-refractivity contribution in [2.24, 2.45) is 0 Å². The first-order chi connectivity index (χ1) is 9.12. The molecule has 2 aliphatic rings. The molecule has 0 bridgehead atoms. The molecule has 2 heterocycles. The number of hydrogen-bond donors (Lipinski definition) is 1. The van der Waals surface area contributed by atoms with Gasteiger partial charge < -0.3 is 14.6 Å². The predicted octanol–water partition coefficient (Wildman–Crippen LogP) is 3.59. The average molecular weight is 327 g/mol. The molecule has 0 aliphatic carbocycles. The van der Waals surface area contributed by atoms with Crippen LogP contribution in [0.15, 0.2) is 22.7 Å². The Bertz CT molecular complexity index is 476. The van der Waals surface area contributed by atoms with Gasteiger partial charge in [0.05, 0.1) is 18.8 Å². The fourth-order valence-corrected chi connectivity index (χ4v) is 3.48. The van der Waals surface area contributed by atoms with Gasteiger partial charge in [-0.05, 0) is 18.6 Å². The minimum absolute atomic E-state index is 0.245. The van der Waals surface area contributed by atoms with E-state index in [0.717, 1.165) is 35.0 Å². The molecule has 1 fully saturated rings. The Kier molecular flexibility index (Phi) is 3.58. The molecule has 0 saturated carbocycles. The van der Waals surface area contributed by atoms with Crippen molar-refractivity contribution in [3.05, 3.63) is 28.2 Å². The fourth-order valence-electron chi connectivity index (χ4n) is 3.14. The normalized spacial score (nSPS) is 33.8. The largest absolute Gasteiger partial charge is 0.487 e. The van der Waals surface area contributed by atoms with E-state index in [4.69, 9.17) is 9.47 Å². The Morgan fingerprint density at radius 1 is 1.42 bits per heavy atom. The standard InChI is InChI=1S/C15H19BrO3/c1-2-11-8-15(5-6-18-11)9-13(17)12-4-3-10(16)7-14(12)19-15/h3-4,7,11,13,17H,2,5-6,8-9H2,1H3/t11?,13-,15?/m1/s1. The molecule has 0 radical (unpaired) electrons. The Labute approximate surface area is 122 Å². The Hall–Kier alpha value is -0.580. The lowest BCUT2D eigenvalue weighted by molar-refractivity contribution is -0.116. The Morgan fingerprint density at radius 2 is 2.26 bits per heavy atom. The first-order valence-corrected chi connectivity index (χ1v) is 7.69. The van der Waals surface area contributed by atoms with Crippen LogP contribution in [0.3, 0.4) is 0 Å². The van der Waals surface area contributed by atoms with Gasteiger partial charge in [0.25, 0.3) is 0 Å². The number of benzene rings is 1. The van der Waals surface area contributed by atoms with Crippen LogP contribution in [-0.4, -0.2) is 23.4 Å². The number of aliphatic hydroxyl groups is 1. The van der Waals surface area contributed by atoms with Crippen LogP contribution < -0.4 is 4.74 Å². The van der Waals surface area contributed by atoms with E-state index in [1.54, 1.807) is 0 Å². The van der Waals surface area contributed by atoms with E-state index in [9.17, 15) is 5.11 Å². The molecule has 3 atom stereocenters. The van der Waals surface area contributed by atoms with Crippen molar-refractivity contribution in [1.29, 1.82) is 0 Å². The lowest BCUT2D eigenvalue weighted by Gasteiger charge is -2.45. The number of hydrogen-bond acceptors (Lipinski definition) is 3. The van der Waals surface area contributed by atoms with Crippen LogP contribution in [0.5, 0.6) is 5.75 Å². The number of halogens is 1. The van der Waals surface area contributed by atoms with Gasteiger partial charge in [-0.25, -0.2) is 0 Å². The first kappa shape index (κ1) is 13.4. The molecule has 1 aromatic carbocycles. The highest BCUT2D eigenvalue weighted by atomic mass is 79.9. The molecule has 0 amide bonds. The van der Waals surface area contributed by atoms with Crippen LogP contribution in [0.2, 0.25) is 0 Å². The third-order valence-electron chi connectivity index (χ3n) is 4.19. The summed E-state index contributed by atoms with van der Waals surface area (Å²) < 4.78 is 13.0. The second-order valence-corrected chi connectivity index (χ2v) is 6.46. The molecule has 3 rings (SSSR count). The maximum atomic E-state index is 10.4. The van der Waals surface area contributed by atoms with Crippen LogP contribution >= 0.6 is 15.9 Å². The van der Waals surface area contributed by atoms with Gasteiger partial charge in [0, 0.05) is 29.3 Å². The van der Waals surface area contributed by atoms with Crippen LogP contribution in [0.1, 0.15) is 44.3 Å². The maximum Gasteiger partial charge on any atom is 0.127 e. The molecule has 4 heteroatoms. The highest BCUT2D eigenvalue weighted by molar-refractivity contribution is 9.10. The van der Waals surface area contributed by atoms with Gasteiger partial charge in [0.1, 0.15) is 11.4 Å². The van der Waals surface area contributed by atoms with E-state index in [2.05, 4.69) is 22.9 Å². The summed E-state index contributed by atoms with van der Waals surface area (Å²) in [5.41, 5.74) is 0.639. The summed E-state index contributed by atoms with van der Waals surface area (Å²) >= 11 is 3.46. The van der Waals surface area contributed by atoms with Gasteiger partial charge in [0.15, 0.2) is 0 Å². The minimum atomic E-state index is -0.438. The molecule has 0 aromatic heterocycles. The van der Waals surface area contributed by atoms with Crippen molar-refractivity contribution in [3.8, 4) is 5.75 Å². The lowest BCUT2D eigenvalue weighted by Crippen LogP contribution is -2.48. The second-order valence-electron chi connectivity index (χ2n) is 5.54. The van der Waals surface area contributed by atoms with Crippen molar-refractivity contribution >= 4 is 15.9 Å². The van der Waals surface area contributed by atoms with Gasteiger partial charge >= 0.3 is 0 Å². The Balaban J connectivity index is 1.90. The number of aliphatic hydroxyl groups excluding tert-OH is 1. The molecule has 1 saturated heterocycles. The van der Waals surface area contributed by atoms with Gasteiger partial charge in [-0.3, -0.25) is 0 Å². The highest BCUT2D eigenvalue weighted by Gasteiger charge is 2.44. The van der Waals surface area contributed by atoms with E-state index < -0.39 is 6.10 Å². The smallest absolute Gasteiger partial charge is 0.127 e. The number of ether oxygens (including phenoxy) is 2. The summed E-state index contributed by atoms with van der Waals surface area (Å²) in [4.78, 5) is 0. The van der Waals surface area contributed by atoms with E-state index in [0.29, 0.717) is 13.0 Å². The molecule has 19 heavy (non-hydrogen) atoms. The first-order valence-electron chi connectivity index (χ1n) is 6.90. The zero-order valence-corrected chi connectivity index (χ0v) is 12.6. The molecular formula is C15H19BrO3. The molecule has 2 unspecified atom stereocenters. The van der Waals surface area contributed by atoms with Gasteiger partial charge in [0.2, 0.25) is 0 Å². The summed E-state index contributed by atoms with van der Waals surface area (Å²) in [6.45, 7) is 2.85. The molecule has 1 aromatic rings. The maximum absolute atomic E-state index is 10.4. The average Bonchev–Trinajstić information content (AvgIpc) is 2.38. The van der Waals surface area contributed by atoms with E-state index in [1.165, 1.54) is 0 Å². The molecule has 1 spiro atoms. The van der Waals surface area contributed by atoms with Crippen molar-refractivity contribution in [2.45, 2.75) is 50.4 Å². The fraction of sp³-hybridized carbons (Fsp3) is 0.600. The topological polar surface area (TPSA) is 38.7 Å². The summed E-state index contributed by atoms with van der Waals surface area (Å²) in [5.74, 6) is 0.810. The molecule has 1 N–H and O–H groups in total. The van der Waals surface area contributed by atoms with E-state index in [-0.39, 0.29) is 11.7 Å². The van der Waals surface area contributed by atoms with Crippen molar-refractivity contribution in [1.82, 2.24) is 0 Å². The Morgan fingerprint density at radius 3 is 3.05 bits per heavy atom. The minimum Gasteiger partial charge on any atom is -0.487 e. The molecule has 104 valence electrons. The summed E-state index contributed by atoms with van der Waals surface area (Å²) in [6.07, 6.45) is 3.19. The lowest BCUT2D eigenvalue weighted by atomic mass is 9.80. The monoisotopic (exact) mass is 326 g/mol. The van der Waals surface area contributed by atoms with Crippen molar-refractivity contribution < 1.29 is 14.6 Å². The SMILES string of the molecule is CCC1CC2(CCO1)C[C@@H](O)c1ccc(Br)cc1O2. The number of rotatable bonds is 1. The van der Waals surface area contributed by atoms with Crippen molar-refractivity contribution in [2.75, 3.05) is 6.61 Å². The highest BCUT2D eigenvalue weighted by Crippen LogP contribution is 2.45. The van der Waals surface area contributed by atoms with E-state index in [1.807, 2.05) is 18.2 Å². The van der Waals surface area contributed by atoms with Crippen LogP contribution in [0.25, 0.3) is 0 Å². The third kappa shape index (κ3) is 2.54. The van der Waals surface area contributed by atoms with Crippen molar-refractivity contribution in [3.63, 3.8) is 0 Å². The summed E-state index contributed by atoms with van der Waals surface area (Å²) in [7, 11) is 0. The summed E-state index contributed by atoms with van der Waals surface area (Å²) in [5, 5.41) is 10.4. The molecule has 2 aliphatic heterocycles. The van der Waals surface area contributed by atoms with E-state index >= 15 is 0 Å². The van der Waals surface area contributed by atoms with Gasteiger partial charge in [-0.2, -0.15) is 0 Å². The predicted molar refractivity (Wildman–Crippen MR) is 76.3 cm³/mol. The van der Waals surface area contributed by atoms with Crippen LogP contribution in [-0.2, 0) is 4.74 Å². The third-order valence-corrected chi connectivity index (χ3v) is 4.69. The zero-order valence-electron chi connectivity index (χ0n) is 11.1. The van der Waals surface area contributed by atoms with Crippen LogP contribution in [0.4, 0.5) is 0 Å². The molecule has 3 nitrogen and oxygen atoms in total. The van der Waals surface area contributed by atoms with Gasteiger partial charge in [-0.1, -0.05) is 28.9 Å². The second kappa shape index (κ2) is 5.08. The molecular weight excluding hydrogens is 308 g/mol. The van der Waals surface area contributed by atoms with Crippen LogP contribution in [0, 0.1) is 0 Å².